The maximum Gasteiger partial charge on any atom is 0.319 e. The Hall–Kier alpha value is -1.75. The standard InChI is InChI=1S/C20H30ClN3O2/c1-13(2)14(3)22-20(26)23-15-10-11-17(18(21)12-15)19(25)24(4)16-8-6-5-7-9-16/h10-14,16H,5-9H2,1-4H3,(H2,22,23,26). The Morgan fingerprint density at radius 1 is 1.15 bits per heavy atom. The fraction of sp³-hybridized carbons (Fsp3) is 0.600. The minimum Gasteiger partial charge on any atom is -0.339 e. The Morgan fingerprint density at radius 3 is 2.38 bits per heavy atom. The molecule has 1 fully saturated rings. The van der Waals surface area contributed by atoms with Gasteiger partial charge in [-0.3, -0.25) is 4.79 Å². The predicted molar refractivity (Wildman–Crippen MR) is 107 cm³/mol. The van der Waals surface area contributed by atoms with E-state index in [0.717, 1.165) is 12.8 Å². The molecule has 1 aliphatic rings. The fourth-order valence-electron chi connectivity index (χ4n) is 3.13. The fourth-order valence-corrected chi connectivity index (χ4v) is 3.39. The molecule has 6 heteroatoms. The van der Waals surface area contributed by atoms with E-state index in [2.05, 4.69) is 10.6 Å². The molecule has 0 heterocycles. The number of anilines is 1. The normalized spacial score (nSPS) is 16.2. The van der Waals surface area contributed by atoms with Gasteiger partial charge < -0.3 is 15.5 Å². The van der Waals surface area contributed by atoms with Crippen LogP contribution in [-0.2, 0) is 0 Å². The summed E-state index contributed by atoms with van der Waals surface area (Å²) in [7, 11) is 1.85. The Bertz CT molecular complexity index is 642. The van der Waals surface area contributed by atoms with Crippen LogP contribution in [0.3, 0.4) is 0 Å². The highest BCUT2D eigenvalue weighted by Crippen LogP contribution is 2.26. The summed E-state index contributed by atoms with van der Waals surface area (Å²) in [6.07, 6.45) is 5.68. The average Bonchev–Trinajstić information content (AvgIpc) is 2.61. The number of rotatable bonds is 5. The van der Waals surface area contributed by atoms with Crippen LogP contribution in [0.5, 0.6) is 0 Å². The average molecular weight is 380 g/mol. The molecule has 1 aromatic carbocycles. The number of carbonyl (C=O) groups is 2. The van der Waals surface area contributed by atoms with E-state index in [1.807, 2.05) is 32.7 Å². The third-order valence-electron chi connectivity index (χ3n) is 5.26. The smallest absolute Gasteiger partial charge is 0.319 e. The molecule has 144 valence electrons. The first-order valence-corrected chi connectivity index (χ1v) is 9.81. The molecule has 0 radical (unpaired) electrons. The molecule has 3 amide bonds. The van der Waals surface area contributed by atoms with Crippen molar-refractivity contribution in [2.75, 3.05) is 12.4 Å². The van der Waals surface area contributed by atoms with Gasteiger partial charge in [-0.25, -0.2) is 4.79 Å². The topological polar surface area (TPSA) is 61.4 Å². The van der Waals surface area contributed by atoms with Crippen LogP contribution in [0, 0.1) is 5.92 Å². The molecule has 5 nitrogen and oxygen atoms in total. The van der Waals surface area contributed by atoms with Crippen LogP contribution in [0.25, 0.3) is 0 Å². The van der Waals surface area contributed by atoms with Gasteiger partial charge in [0.2, 0.25) is 0 Å². The molecular formula is C20H30ClN3O2. The number of hydrogen-bond donors (Lipinski definition) is 2. The molecule has 1 saturated carbocycles. The van der Waals surface area contributed by atoms with Gasteiger partial charge in [-0.1, -0.05) is 44.7 Å². The van der Waals surface area contributed by atoms with E-state index in [9.17, 15) is 9.59 Å². The lowest BCUT2D eigenvalue weighted by atomic mass is 9.94. The number of nitrogens with one attached hydrogen (secondary N) is 2. The molecule has 1 aromatic rings. The summed E-state index contributed by atoms with van der Waals surface area (Å²) in [5.74, 6) is 0.283. The highest BCUT2D eigenvalue weighted by molar-refractivity contribution is 6.34. The van der Waals surface area contributed by atoms with E-state index < -0.39 is 0 Å². The van der Waals surface area contributed by atoms with Crippen molar-refractivity contribution < 1.29 is 9.59 Å². The van der Waals surface area contributed by atoms with Crippen molar-refractivity contribution in [1.29, 1.82) is 0 Å². The van der Waals surface area contributed by atoms with Crippen molar-refractivity contribution in [3.8, 4) is 0 Å². The van der Waals surface area contributed by atoms with Gasteiger partial charge in [-0.2, -0.15) is 0 Å². The van der Waals surface area contributed by atoms with E-state index in [0.29, 0.717) is 22.2 Å². The molecule has 0 aliphatic heterocycles. The second kappa shape index (κ2) is 9.26. The van der Waals surface area contributed by atoms with Crippen molar-refractivity contribution >= 4 is 29.2 Å². The Balaban J connectivity index is 2.01. The number of amides is 3. The van der Waals surface area contributed by atoms with Crippen LogP contribution in [-0.4, -0.2) is 36.0 Å². The molecular weight excluding hydrogens is 350 g/mol. The van der Waals surface area contributed by atoms with E-state index in [4.69, 9.17) is 11.6 Å². The zero-order chi connectivity index (χ0) is 19.3. The lowest BCUT2D eigenvalue weighted by Gasteiger charge is -2.31. The Labute approximate surface area is 161 Å². The predicted octanol–water partition coefficient (Wildman–Crippen LogP) is 4.91. The van der Waals surface area contributed by atoms with Crippen LogP contribution in [0.15, 0.2) is 18.2 Å². The number of halogens is 1. The third kappa shape index (κ3) is 5.37. The summed E-state index contributed by atoms with van der Waals surface area (Å²) in [4.78, 5) is 26.6. The molecule has 0 bridgehead atoms. The largest absolute Gasteiger partial charge is 0.339 e. The van der Waals surface area contributed by atoms with Gasteiger partial charge in [0, 0.05) is 24.8 Å². The lowest BCUT2D eigenvalue weighted by molar-refractivity contribution is 0.0696. The highest BCUT2D eigenvalue weighted by Gasteiger charge is 2.24. The second-order valence-corrected chi connectivity index (χ2v) is 7.94. The van der Waals surface area contributed by atoms with Gasteiger partial charge in [0.25, 0.3) is 5.91 Å². The summed E-state index contributed by atoms with van der Waals surface area (Å²) in [5, 5.41) is 6.00. The van der Waals surface area contributed by atoms with E-state index in [1.165, 1.54) is 19.3 Å². The first-order chi connectivity index (χ1) is 12.3. The summed E-state index contributed by atoms with van der Waals surface area (Å²) < 4.78 is 0. The summed E-state index contributed by atoms with van der Waals surface area (Å²) in [6, 6.07) is 5.10. The van der Waals surface area contributed by atoms with Crippen LogP contribution in [0.4, 0.5) is 10.5 Å². The Kier molecular flexibility index (Phi) is 7.33. The number of nitrogens with zero attached hydrogens (tertiary/aromatic N) is 1. The number of hydrogen-bond acceptors (Lipinski definition) is 2. The zero-order valence-electron chi connectivity index (χ0n) is 16.1. The van der Waals surface area contributed by atoms with Gasteiger partial charge in [0.05, 0.1) is 10.6 Å². The molecule has 26 heavy (non-hydrogen) atoms. The lowest BCUT2D eigenvalue weighted by Crippen LogP contribution is -2.39. The molecule has 2 N–H and O–H groups in total. The maximum absolute atomic E-state index is 12.8. The quantitative estimate of drug-likeness (QED) is 0.763. The SMILES string of the molecule is CC(C)C(C)NC(=O)Nc1ccc(C(=O)N(C)C2CCCCC2)c(Cl)c1. The minimum atomic E-state index is -0.277. The van der Waals surface area contributed by atoms with E-state index >= 15 is 0 Å². The van der Waals surface area contributed by atoms with Gasteiger partial charge in [-0.15, -0.1) is 0 Å². The van der Waals surface area contributed by atoms with Crippen molar-refractivity contribution in [2.45, 2.75) is 65.0 Å². The van der Waals surface area contributed by atoms with Crippen LogP contribution in [0.2, 0.25) is 5.02 Å². The molecule has 1 unspecified atom stereocenters. The van der Waals surface area contributed by atoms with Gasteiger partial charge in [0.1, 0.15) is 0 Å². The third-order valence-corrected chi connectivity index (χ3v) is 5.57. The van der Waals surface area contributed by atoms with Crippen LogP contribution < -0.4 is 10.6 Å². The molecule has 0 aromatic heterocycles. The van der Waals surface area contributed by atoms with E-state index in [1.54, 1.807) is 18.2 Å². The first kappa shape index (κ1) is 20.6. The van der Waals surface area contributed by atoms with Crippen LogP contribution in [0.1, 0.15) is 63.2 Å². The number of carbonyl (C=O) groups excluding carboxylic acids is 2. The minimum absolute atomic E-state index is 0.0636. The van der Waals surface area contributed by atoms with Gasteiger partial charge in [0.15, 0.2) is 0 Å². The zero-order valence-corrected chi connectivity index (χ0v) is 16.9. The highest BCUT2D eigenvalue weighted by atomic mass is 35.5. The Morgan fingerprint density at radius 2 is 1.81 bits per heavy atom. The number of benzene rings is 1. The van der Waals surface area contributed by atoms with Crippen molar-refractivity contribution in [3.05, 3.63) is 28.8 Å². The summed E-state index contributed by atoms with van der Waals surface area (Å²) in [5.41, 5.74) is 1.04. The summed E-state index contributed by atoms with van der Waals surface area (Å²) in [6.45, 7) is 6.05. The molecule has 0 spiro atoms. The molecule has 0 saturated heterocycles. The summed E-state index contributed by atoms with van der Waals surface area (Å²) >= 11 is 6.33. The van der Waals surface area contributed by atoms with Crippen LogP contribution >= 0.6 is 11.6 Å². The first-order valence-electron chi connectivity index (χ1n) is 9.43. The molecule has 2 rings (SSSR count). The van der Waals surface area contributed by atoms with Crippen molar-refractivity contribution in [2.24, 2.45) is 5.92 Å². The second-order valence-electron chi connectivity index (χ2n) is 7.53. The maximum atomic E-state index is 12.8. The molecule has 1 atom stereocenters. The van der Waals surface area contributed by atoms with Gasteiger partial charge in [-0.05, 0) is 43.9 Å². The van der Waals surface area contributed by atoms with Gasteiger partial charge >= 0.3 is 6.03 Å². The van der Waals surface area contributed by atoms with Crippen molar-refractivity contribution in [1.82, 2.24) is 10.2 Å². The monoisotopic (exact) mass is 379 g/mol. The van der Waals surface area contributed by atoms with Crippen molar-refractivity contribution in [3.63, 3.8) is 0 Å². The number of urea groups is 1. The van der Waals surface area contributed by atoms with E-state index in [-0.39, 0.29) is 24.0 Å². The molecule has 1 aliphatic carbocycles.